The van der Waals surface area contributed by atoms with Gasteiger partial charge in [-0.15, -0.1) is 0 Å². The first-order valence-electron chi connectivity index (χ1n) is 11.2. The number of nitrogens with two attached hydrogens (primary N) is 2. The van der Waals surface area contributed by atoms with Crippen molar-refractivity contribution >= 4 is 29.1 Å². The summed E-state index contributed by atoms with van der Waals surface area (Å²) in [6.07, 6.45) is 5.79. The zero-order valence-corrected chi connectivity index (χ0v) is 18.9. The number of anilines is 3. The van der Waals surface area contributed by atoms with Crippen LogP contribution in [0, 0.1) is 6.92 Å². The van der Waals surface area contributed by atoms with Crippen LogP contribution in [0.15, 0.2) is 48.7 Å². The fraction of sp³-hybridized carbons (Fsp3) is 0.280. The number of aromatic nitrogens is 2. The van der Waals surface area contributed by atoms with Gasteiger partial charge in [0.15, 0.2) is 5.69 Å². The predicted molar refractivity (Wildman–Crippen MR) is 131 cm³/mol. The average molecular weight is 461 g/mol. The number of amides is 1. The number of aryl methyl sites for hydroxylation is 1. The monoisotopic (exact) mass is 460 g/mol. The Kier molecular flexibility index (Phi) is 6.74. The lowest BCUT2D eigenvalue weighted by Gasteiger charge is -2.30. The van der Waals surface area contributed by atoms with Gasteiger partial charge in [-0.2, -0.15) is 0 Å². The van der Waals surface area contributed by atoms with Crippen LogP contribution in [0.5, 0.6) is 0 Å². The van der Waals surface area contributed by atoms with Crippen LogP contribution in [0.4, 0.5) is 17.2 Å². The Morgan fingerprint density at radius 2 is 1.91 bits per heavy atom. The lowest BCUT2D eigenvalue weighted by Crippen LogP contribution is -2.42. The van der Waals surface area contributed by atoms with Gasteiger partial charge in [0.25, 0.3) is 5.91 Å². The standard InChI is InChI=1S/C25H28N6O3/c1-14-18(15-5-4-6-16(11-15)25(33)34)9-10-22(29-14)31-21-12-17(13-28-23(21)24(27)32)30-20-8-3-2-7-19(20)26/h4-6,9-13,19-20,30H,2-3,7-8,26H2,1H3,(H2,27,32)(H,29,31)(H,33,34)/t19-,20+/m0/s1. The molecule has 2 aromatic heterocycles. The molecule has 1 saturated carbocycles. The molecule has 2 heterocycles. The number of pyridine rings is 2. The summed E-state index contributed by atoms with van der Waals surface area (Å²) in [4.78, 5) is 32.1. The number of benzene rings is 1. The van der Waals surface area contributed by atoms with E-state index in [0.717, 1.165) is 42.5 Å². The van der Waals surface area contributed by atoms with Crippen LogP contribution in [0.25, 0.3) is 11.1 Å². The Labute approximate surface area is 197 Å². The number of carbonyl (C=O) groups excluding carboxylic acids is 1. The molecule has 2 atom stereocenters. The highest BCUT2D eigenvalue weighted by Crippen LogP contribution is 2.28. The molecule has 0 saturated heterocycles. The molecular formula is C25H28N6O3. The summed E-state index contributed by atoms with van der Waals surface area (Å²) in [6.45, 7) is 1.84. The Balaban J connectivity index is 1.60. The molecule has 0 bridgehead atoms. The maximum atomic E-state index is 12.0. The second-order valence-corrected chi connectivity index (χ2v) is 8.52. The van der Waals surface area contributed by atoms with E-state index in [2.05, 4.69) is 20.6 Å². The van der Waals surface area contributed by atoms with E-state index in [4.69, 9.17) is 11.5 Å². The van der Waals surface area contributed by atoms with Gasteiger partial charge in [-0.1, -0.05) is 25.0 Å². The zero-order valence-electron chi connectivity index (χ0n) is 18.9. The average Bonchev–Trinajstić information content (AvgIpc) is 2.81. The van der Waals surface area contributed by atoms with E-state index in [1.165, 1.54) is 0 Å². The van der Waals surface area contributed by atoms with E-state index in [0.29, 0.717) is 17.2 Å². The smallest absolute Gasteiger partial charge is 0.335 e. The number of rotatable bonds is 7. The Morgan fingerprint density at radius 1 is 1.12 bits per heavy atom. The Bertz CT molecular complexity index is 1230. The van der Waals surface area contributed by atoms with Crippen LogP contribution in [0.1, 0.15) is 52.2 Å². The molecule has 1 aromatic carbocycles. The number of aromatic carboxylic acids is 1. The van der Waals surface area contributed by atoms with Gasteiger partial charge in [0.2, 0.25) is 0 Å². The summed E-state index contributed by atoms with van der Waals surface area (Å²) >= 11 is 0. The molecule has 0 spiro atoms. The fourth-order valence-corrected chi connectivity index (χ4v) is 4.28. The second-order valence-electron chi connectivity index (χ2n) is 8.52. The number of hydrogen-bond acceptors (Lipinski definition) is 7. The van der Waals surface area contributed by atoms with E-state index in [1.807, 2.05) is 19.1 Å². The van der Waals surface area contributed by atoms with Crippen molar-refractivity contribution in [3.63, 3.8) is 0 Å². The number of carbonyl (C=O) groups is 2. The normalized spacial score (nSPS) is 17.7. The van der Waals surface area contributed by atoms with E-state index in [9.17, 15) is 14.7 Å². The first kappa shape index (κ1) is 23.2. The molecule has 0 aliphatic heterocycles. The van der Waals surface area contributed by atoms with Crippen LogP contribution in [0.2, 0.25) is 0 Å². The maximum absolute atomic E-state index is 12.0. The summed E-state index contributed by atoms with van der Waals surface area (Å²) in [5, 5.41) is 15.8. The van der Waals surface area contributed by atoms with Crippen molar-refractivity contribution in [2.75, 3.05) is 10.6 Å². The van der Waals surface area contributed by atoms with Gasteiger partial charge in [0.05, 0.1) is 23.1 Å². The van der Waals surface area contributed by atoms with Gasteiger partial charge in [0.1, 0.15) is 5.82 Å². The number of carboxylic acid groups (broad SMARTS) is 1. The highest BCUT2D eigenvalue weighted by Gasteiger charge is 2.22. The molecule has 4 rings (SSSR count). The zero-order chi connectivity index (χ0) is 24.2. The maximum Gasteiger partial charge on any atom is 0.335 e. The van der Waals surface area contributed by atoms with E-state index in [-0.39, 0.29) is 23.3 Å². The third-order valence-corrected chi connectivity index (χ3v) is 6.06. The summed E-state index contributed by atoms with van der Waals surface area (Å²) in [5.74, 6) is -1.13. The van der Waals surface area contributed by atoms with Crippen molar-refractivity contribution in [1.82, 2.24) is 9.97 Å². The summed E-state index contributed by atoms with van der Waals surface area (Å²) < 4.78 is 0. The largest absolute Gasteiger partial charge is 0.478 e. The number of nitrogens with zero attached hydrogens (tertiary/aromatic N) is 2. The molecule has 0 radical (unpaired) electrons. The molecule has 34 heavy (non-hydrogen) atoms. The Hall–Kier alpha value is -3.98. The minimum Gasteiger partial charge on any atom is -0.478 e. The quantitative estimate of drug-likeness (QED) is 0.357. The third kappa shape index (κ3) is 5.15. The van der Waals surface area contributed by atoms with Crippen LogP contribution >= 0.6 is 0 Å². The number of carboxylic acids is 1. The van der Waals surface area contributed by atoms with Gasteiger partial charge in [-0.25, -0.2) is 14.8 Å². The van der Waals surface area contributed by atoms with E-state index >= 15 is 0 Å². The van der Waals surface area contributed by atoms with Crippen molar-refractivity contribution in [3.8, 4) is 11.1 Å². The third-order valence-electron chi connectivity index (χ3n) is 6.06. The van der Waals surface area contributed by atoms with Gasteiger partial charge in [-0.05, 0) is 55.7 Å². The van der Waals surface area contributed by atoms with Gasteiger partial charge in [-0.3, -0.25) is 4.79 Å². The topological polar surface area (TPSA) is 156 Å². The van der Waals surface area contributed by atoms with Crippen LogP contribution in [0.3, 0.4) is 0 Å². The lowest BCUT2D eigenvalue weighted by molar-refractivity contribution is 0.0696. The number of hydrogen-bond donors (Lipinski definition) is 5. The molecule has 176 valence electrons. The van der Waals surface area contributed by atoms with E-state index in [1.54, 1.807) is 36.5 Å². The molecule has 1 fully saturated rings. The SMILES string of the molecule is Cc1nc(Nc2cc(N[C@@H]3CCCC[C@@H]3N)cnc2C(N)=O)ccc1-c1cccc(C(=O)O)c1. The highest BCUT2D eigenvalue weighted by atomic mass is 16.4. The van der Waals surface area contributed by atoms with Crippen molar-refractivity contribution in [2.45, 2.75) is 44.7 Å². The molecule has 9 nitrogen and oxygen atoms in total. The summed E-state index contributed by atoms with van der Waals surface area (Å²) in [6, 6.07) is 12.3. The van der Waals surface area contributed by atoms with Crippen LogP contribution < -0.4 is 22.1 Å². The van der Waals surface area contributed by atoms with Gasteiger partial charge in [0, 0.05) is 23.3 Å². The molecule has 7 N–H and O–H groups in total. The highest BCUT2D eigenvalue weighted by molar-refractivity contribution is 5.97. The molecule has 1 aliphatic carbocycles. The minimum atomic E-state index is -0.986. The first-order valence-corrected chi connectivity index (χ1v) is 11.2. The molecule has 0 unspecified atom stereocenters. The van der Waals surface area contributed by atoms with Crippen LogP contribution in [-0.2, 0) is 0 Å². The van der Waals surface area contributed by atoms with Gasteiger partial charge >= 0.3 is 5.97 Å². The van der Waals surface area contributed by atoms with Crippen molar-refractivity contribution in [3.05, 3.63) is 65.6 Å². The molecule has 9 heteroatoms. The number of primary amides is 1. The molecule has 3 aromatic rings. The lowest BCUT2D eigenvalue weighted by atomic mass is 9.91. The fourth-order valence-electron chi connectivity index (χ4n) is 4.28. The summed E-state index contributed by atoms with van der Waals surface area (Å²) in [5.41, 5.74) is 15.6. The van der Waals surface area contributed by atoms with Crippen molar-refractivity contribution in [1.29, 1.82) is 0 Å². The predicted octanol–water partition coefficient (Wildman–Crippen LogP) is 3.67. The molecule has 1 aliphatic rings. The second kappa shape index (κ2) is 9.88. The first-order chi connectivity index (χ1) is 16.3. The molecule has 1 amide bonds. The molecular weight excluding hydrogens is 432 g/mol. The van der Waals surface area contributed by atoms with Crippen molar-refractivity contribution in [2.24, 2.45) is 11.5 Å². The Morgan fingerprint density at radius 3 is 2.62 bits per heavy atom. The number of nitrogens with one attached hydrogen (secondary N) is 2. The summed E-state index contributed by atoms with van der Waals surface area (Å²) in [7, 11) is 0. The minimum absolute atomic E-state index is 0.0671. The van der Waals surface area contributed by atoms with E-state index < -0.39 is 11.9 Å². The van der Waals surface area contributed by atoms with Gasteiger partial charge < -0.3 is 27.2 Å². The van der Waals surface area contributed by atoms with Crippen LogP contribution in [-0.4, -0.2) is 39.0 Å². The van der Waals surface area contributed by atoms with Crippen molar-refractivity contribution < 1.29 is 14.7 Å².